The smallest absolute Gasteiger partial charge is 0.380 e. The second-order valence-corrected chi connectivity index (χ2v) is 5.53. The summed E-state index contributed by atoms with van der Waals surface area (Å²) in [6.07, 6.45) is -2.76. The van der Waals surface area contributed by atoms with E-state index in [9.17, 15) is 18.3 Å². The molecule has 1 heterocycles. The van der Waals surface area contributed by atoms with Crippen molar-refractivity contribution >= 4 is 0 Å². The monoisotopic (exact) mass is 275 g/mol. The van der Waals surface area contributed by atoms with Gasteiger partial charge in [0.1, 0.15) is 5.82 Å². The van der Waals surface area contributed by atoms with Crippen molar-refractivity contribution in [3.05, 3.63) is 23.8 Å². The predicted octanol–water partition coefficient (Wildman–Crippen LogP) is 1.84. The van der Waals surface area contributed by atoms with Crippen LogP contribution in [-0.2, 0) is 5.54 Å². The van der Waals surface area contributed by atoms with Gasteiger partial charge in [-0.05, 0) is 11.5 Å². The zero-order valence-electron chi connectivity index (χ0n) is 10.7. The van der Waals surface area contributed by atoms with Gasteiger partial charge in [-0.25, -0.2) is 9.97 Å². The van der Waals surface area contributed by atoms with Gasteiger partial charge in [0.15, 0.2) is 5.60 Å². The van der Waals surface area contributed by atoms with E-state index in [0.717, 1.165) is 5.56 Å². The van der Waals surface area contributed by atoms with Crippen LogP contribution in [0.25, 0.3) is 0 Å². The van der Waals surface area contributed by atoms with Crippen molar-refractivity contribution in [1.82, 2.24) is 9.97 Å². The second kappa shape index (κ2) is 4.14. The minimum atomic E-state index is -4.67. The molecule has 1 fully saturated rings. The summed E-state index contributed by atoms with van der Waals surface area (Å²) >= 11 is 0. The summed E-state index contributed by atoms with van der Waals surface area (Å²) in [5.41, 5.74) is 2.70. The number of aliphatic hydroxyl groups is 1. The lowest BCUT2D eigenvalue weighted by atomic mass is 9.64. The van der Waals surface area contributed by atoms with E-state index in [4.69, 9.17) is 5.73 Å². The number of nitrogens with two attached hydrogens (primary N) is 1. The van der Waals surface area contributed by atoms with Crippen LogP contribution in [0.1, 0.15) is 44.0 Å². The van der Waals surface area contributed by atoms with E-state index >= 15 is 0 Å². The molecule has 1 saturated carbocycles. The average molecular weight is 275 g/mol. The molecule has 3 N–H and O–H groups in total. The lowest BCUT2D eigenvalue weighted by molar-refractivity contribution is -0.304. The molecule has 0 bridgehead atoms. The number of hydrogen-bond acceptors (Lipinski definition) is 4. The van der Waals surface area contributed by atoms with Crippen LogP contribution in [-0.4, -0.2) is 26.9 Å². The van der Waals surface area contributed by atoms with Gasteiger partial charge in [0.25, 0.3) is 0 Å². The first-order chi connectivity index (χ1) is 8.57. The van der Waals surface area contributed by atoms with Crippen LogP contribution in [0, 0.1) is 0 Å². The van der Waals surface area contributed by atoms with Gasteiger partial charge in [-0.3, -0.25) is 0 Å². The molecular weight excluding hydrogens is 259 g/mol. The molecule has 0 radical (unpaired) electrons. The van der Waals surface area contributed by atoms with Crippen molar-refractivity contribution in [2.75, 3.05) is 0 Å². The highest BCUT2D eigenvalue weighted by Gasteiger charge is 2.67. The minimum absolute atomic E-state index is 0.144. The average Bonchev–Trinajstić information content (AvgIpc) is 2.25. The Hall–Kier alpha value is -1.21. The molecule has 106 valence electrons. The van der Waals surface area contributed by atoms with Gasteiger partial charge in [-0.1, -0.05) is 13.8 Å². The quantitative estimate of drug-likeness (QED) is 0.864. The minimum Gasteiger partial charge on any atom is -0.380 e. The van der Waals surface area contributed by atoms with E-state index in [0.29, 0.717) is 0 Å². The lowest BCUT2D eigenvalue weighted by Crippen LogP contribution is -2.66. The summed E-state index contributed by atoms with van der Waals surface area (Å²) in [6, 6.07) is 0. The molecular formula is C12H16F3N3O. The lowest BCUT2D eigenvalue weighted by Gasteiger charge is -2.50. The Morgan fingerprint density at radius 1 is 1.26 bits per heavy atom. The van der Waals surface area contributed by atoms with Crippen LogP contribution in [0.3, 0.4) is 0 Å². The van der Waals surface area contributed by atoms with Crippen LogP contribution in [0.5, 0.6) is 0 Å². The van der Waals surface area contributed by atoms with E-state index in [1.54, 1.807) is 12.4 Å². The number of halogens is 3. The molecule has 19 heavy (non-hydrogen) atoms. The summed E-state index contributed by atoms with van der Waals surface area (Å²) < 4.78 is 37.7. The highest BCUT2D eigenvalue weighted by atomic mass is 19.4. The highest BCUT2D eigenvalue weighted by molar-refractivity contribution is 5.21. The summed E-state index contributed by atoms with van der Waals surface area (Å²) in [5.74, 6) is 0.377. The number of hydrogen-bond donors (Lipinski definition) is 2. The number of nitrogens with zero attached hydrogens (tertiary/aromatic N) is 2. The molecule has 1 aromatic rings. The highest BCUT2D eigenvalue weighted by Crippen LogP contribution is 2.53. The van der Waals surface area contributed by atoms with Crippen molar-refractivity contribution in [2.45, 2.75) is 49.9 Å². The van der Waals surface area contributed by atoms with Gasteiger partial charge in [0.2, 0.25) is 0 Å². The first kappa shape index (κ1) is 14.2. The summed E-state index contributed by atoms with van der Waals surface area (Å²) in [5, 5.41) is 9.43. The Bertz CT molecular complexity index is 464. The molecule has 1 aliphatic carbocycles. The second-order valence-electron chi connectivity index (χ2n) is 5.53. The molecule has 1 aromatic heterocycles. The summed E-state index contributed by atoms with van der Waals surface area (Å²) in [6.45, 7) is 3.92. The molecule has 0 amide bonds. The number of rotatable bonds is 2. The zero-order chi connectivity index (χ0) is 14.5. The van der Waals surface area contributed by atoms with E-state index < -0.39 is 30.2 Å². The third-order valence-corrected chi connectivity index (χ3v) is 3.53. The summed E-state index contributed by atoms with van der Waals surface area (Å²) in [7, 11) is 0. The first-order valence-corrected chi connectivity index (χ1v) is 5.98. The van der Waals surface area contributed by atoms with Crippen LogP contribution in [0.4, 0.5) is 13.2 Å². The molecule has 0 spiro atoms. The van der Waals surface area contributed by atoms with Crippen LogP contribution >= 0.6 is 0 Å². The van der Waals surface area contributed by atoms with Crippen molar-refractivity contribution in [3.8, 4) is 0 Å². The molecule has 0 atom stereocenters. The van der Waals surface area contributed by atoms with Crippen molar-refractivity contribution in [3.63, 3.8) is 0 Å². The topological polar surface area (TPSA) is 72.0 Å². The molecule has 0 saturated heterocycles. The molecule has 7 heteroatoms. The van der Waals surface area contributed by atoms with Crippen molar-refractivity contribution in [1.29, 1.82) is 0 Å². The maximum absolute atomic E-state index is 12.6. The maximum Gasteiger partial charge on any atom is 0.417 e. The standard InChI is InChI=1S/C12H16F3N3O/c1-7(2)8-3-17-9(18-4-8)10(16)5-11(19,6-10)12(13,14)15/h3-4,7,19H,5-6,16H2,1-2H3. The Labute approximate surface area is 108 Å². The normalized spacial score (nSPS) is 31.4. The Kier molecular flexibility index (Phi) is 3.10. The molecule has 4 nitrogen and oxygen atoms in total. The molecule has 0 aromatic carbocycles. The summed E-state index contributed by atoms with van der Waals surface area (Å²) in [4.78, 5) is 8.05. The Morgan fingerprint density at radius 3 is 2.11 bits per heavy atom. The fraction of sp³-hybridized carbons (Fsp3) is 0.667. The maximum atomic E-state index is 12.6. The van der Waals surface area contributed by atoms with Gasteiger partial charge in [0, 0.05) is 25.2 Å². The Balaban J connectivity index is 2.16. The van der Waals surface area contributed by atoms with Gasteiger partial charge in [-0.15, -0.1) is 0 Å². The van der Waals surface area contributed by atoms with Gasteiger partial charge < -0.3 is 10.8 Å². The van der Waals surface area contributed by atoms with E-state index in [-0.39, 0.29) is 11.7 Å². The molecule has 1 aliphatic rings. The van der Waals surface area contributed by atoms with Crippen LogP contribution in [0.2, 0.25) is 0 Å². The number of alkyl halides is 3. The predicted molar refractivity (Wildman–Crippen MR) is 62.2 cm³/mol. The van der Waals surface area contributed by atoms with Crippen molar-refractivity contribution in [2.24, 2.45) is 5.73 Å². The van der Waals surface area contributed by atoms with Gasteiger partial charge in [-0.2, -0.15) is 13.2 Å². The van der Waals surface area contributed by atoms with Crippen LogP contribution < -0.4 is 5.73 Å². The molecule has 0 unspecified atom stereocenters. The van der Waals surface area contributed by atoms with E-state index in [1.165, 1.54) is 0 Å². The van der Waals surface area contributed by atoms with E-state index in [2.05, 4.69) is 9.97 Å². The van der Waals surface area contributed by atoms with Gasteiger partial charge >= 0.3 is 6.18 Å². The third-order valence-electron chi connectivity index (χ3n) is 3.53. The van der Waals surface area contributed by atoms with Crippen molar-refractivity contribution < 1.29 is 18.3 Å². The van der Waals surface area contributed by atoms with E-state index in [1.807, 2.05) is 13.8 Å². The first-order valence-electron chi connectivity index (χ1n) is 5.98. The molecule has 2 rings (SSSR count). The zero-order valence-corrected chi connectivity index (χ0v) is 10.7. The Morgan fingerprint density at radius 2 is 1.74 bits per heavy atom. The SMILES string of the molecule is CC(C)c1cnc(C2(N)CC(O)(C(F)(F)F)C2)nc1. The molecule has 0 aliphatic heterocycles. The number of aromatic nitrogens is 2. The fourth-order valence-corrected chi connectivity index (χ4v) is 2.24. The van der Waals surface area contributed by atoms with Crippen LogP contribution in [0.15, 0.2) is 12.4 Å². The fourth-order valence-electron chi connectivity index (χ4n) is 2.24. The largest absolute Gasteiger partial charge is 0.417 e. The van der Waals surface area contributed by atoms with Gasteiger partial charge in [0.05, 0.1) is 5.54 Å². The third kappa shape index (κ3) is 2.32.